The van der Waals surface area contributed by atoms with Crippen LogP contribution in [0.4, 0.5) is 17.2 Å². The molecule has 0 saturated heterocycles. The van der Waals surface area contributed by atoms with Crippen molar-refractivity contribution in [3.05, 3.63) is 48.2 Å². The highest BCUT2D eigenvalue weighted by Crippen LogP contribution is 2.30. The molecule has 0 unspecified atom stereocenters. The maximum Gasteiger partial charge on any atom is 0.218 e. The monoisotopic (exact) mass is 338 g/mol. The number of hydrogen-bond donors (Lipinski definition) is 1. The Hall–Kier alpha value is -2.56. The first-order valence-corrected chi connectivity index (χ1v) is 8.55. The van der Waals surface area contributed by atoms with Gasteiger partial charge in [-0.15, -0.1) is 0 Å². The largest absolute Gasteiger partial charge is 0.475 e. The van der Waals surface area contributed by atoms with Crippen LogP contribution in [0.15, 0.2) is 47.6 Å². The lowest BCUT2D eigenvalue weighted by Gasteiger charge is -2.21. The summed E-state index contributed by atoms with van der Waals surface area (Å²) in [5.41, 5.74) is 3.09. The molecule has 0 spiro atoms. The van der Waals surface area contributed by atoms with E-state index in [9.17, 15) is 0 Å². The summed E-state index contributed by atoms with van der Waals surface area (Å²) in [6.07, 6.45) is 1.81. The van der Waals surface area contributed by atoms with Crippen molar-refractivity contribution in [1.82, 2.24) is 4.98 Å². The van der Waals surface area contributed by atoms with Gasteiger partial charge in [0.2, 0.25) is 5.90 Å². The third kappa shape index (κ3) is 3.92. The second kappa shape index (κ2) is 6.75. The van der Waals surface area contributed by atoms with Gasteiger partial charge in [0.15, 0.2) is 0 Å². The SMILES string of the molecule is CN(C)c1ccnc(Nc2ccccc2C2=N[C@@H](C(C)(C)C)CO2)c1. The van der Waals surface area contributed by atoms with Crippen molar-refractivity contribution >= 4 is 23.1 Å². The Labute approximate surface area is 149 Å². The average Bonchev–Trinajstić information content (AvgIpc) is 3.06. The Morgan fingerprint density at radius 1 is 1.16 bits per heavy atom. The highest BCUT2D eigenvalue weighted by molar-refractivity contribution is 6.01. The number of hydrogen-bond acceptors (Lipinski definition) is 5. The number of ether oxygens (including phenoxy) is 1. The van der Waals surface area contributed by atoms with Gasteiger partial charge in [0.25, 0.3) is 0 Å². The Kier molecular flexibility index (Phi) is 4.66. The second-order valence-corrected chi connectivity index (χ2v) is 7.59. The fraction of sp³-hybridized carbons (Fsp3) is 0.400. The van der Waals surface area contributed by atoms with Gasteiger partial charge in [-0.1, -0.05) is 32.9 Å². The molecule has 3 rings (SSSR count). The van der Waals surface area contributed by atoms with Crippen LogP contribution >= 0.6 is 0 Å². The van der Waals surface area contributed by atoms with Crippen LogP contribution in [0.1, 0.15) is 26.3 Å². The summed E-state index contributed by atoms with van der Waals surface area (Å²) < 4.78 is 5.90. The van der Waals surface area contributed by atoms with Crippen LogP contribution in [0.2, 0.25) is 0 Å². The lowest BCUT2D eigenvalue weighted by atomic mass is 9.88. The Balaban J connectivity index is 1.89. The third-order valence-corrected chi connectivity index (χ3v) is 4.33. The summed E-state index contributed by atoms with van der Waals surface area (Å²) in [7, 11) is 4.03. The Morgan fingerprint density at radius 3 is 2.60 bits per heavy atom. The summed E-state index contributed by atoms with van der Waals surface area (Å²) in [6, 6.07) is 12.2. The van der Waals surface area contributed by atoms with Crippen molar-refractivity contribution in [2.24, 2.45) is 10.4 Å². The molecule has 0 bridgehead atoms. The molecular formula is C20H26N4O. The minimum Gasteiger partial charge on any atom is -0.475 e. The molecule has 2 aromatic rings. The predicted molar refractivity (Wildman–Crippen MR) is 104 cm³/mol. The van der Waals surface area contributed by atoms with Crippen LogP contribution in [-0.4, -0.2) is 37.6 Å². The van der Waals surface area contributed by atoms with Crippen molar-refractivity contribution in [1.29, 1.82) is 0 Å². The summed E-state index contributed by atoms with van der Waals surface area (Å²) in [5.74, 6) is 1.50. The molecule has 1 aromatic carbocycles. The molecule has 5 nitrogen and oxygen atoms in total. The third-order valence-electron chi connectivity index (χ3n) is 4.33. The van der Waals surface area contributed by atoms with E-state index in [0.717, 1.165) is 22.8 Å². The first-order chi connectivity index (χ1) is 11.8. The number of rotatable bonds is 4. The van der Waals surface area contributed by atoms with Gasteiger partial charge in [-0.05, 0) is 23.6 Å². The first kappa shape index (κ1) is 17.3. The predicted octanol–water partition coefficient (Wildman–Crippen LogP) is 4.08. The van der Waals surface area contributed by atoms with Crippen LogP contribution in [0, 0.1) is 5.41 Å². The zero-order valence-corrected chi connectivity index (χ0v) is 15.6. The van der Waals surface area contributed by atoms with Crippen molar-refractivity contribution in [3.8, 4) is 0 Å². The standard InChI is InChI=1S/C20H26N4O/c1-20(2,3)17-13-25-19(23-17)15-8-6-7-9-16(15)22-18-12-14(24(4)5)10-11-21-18/h6-12,17H,13H2,1-5H3,(H,21,22)/t17-/m1/s1. The fourth-order valence-electron chi connectivity index (χ4n) is 2.65. The van der Waals surface area contributed by atoms with Crippen molar-refractivity contribution in [2.45, 2.75) is 26.8 Å². The molecular weight excluding hydrogens is 312 g/mol. The minimum absolute atomic E-state index is 0.0890. The van der Waals surface area contributed by atoms with E-state index < -0.39 is 0 Å². The summed E-state index contributed by atoms with van der Waals surface area (Å²) in [4.78, 5) is 11.3. The molecule has 0 aliphatic carbocycles. The molecule has 132 valence electrons. The summed E-state index contributed by atoms with van der Waals surface area (Å²) >= 11 is 0. The molecule has 0 saturated carbocycles. The summed E-state index contributed by atoms with van der Waals surface area (Å²) in [6.45, 7) is 7.19. The van der Waals surface area contributed by atoms with Crippen molar-refractivity contribution < 1.29 is 4.74 Å². The first-order valence-electron chi connectivity index (χ1n) is 8.55. The lowest BCUT2D eigenvalue weighted by Crippen LogP contribution is -2.25. The van der Waals surface area contributed by atoms with E-state index in [2.05, 4.69) is 36.0 Å². The van der Waals surface area contributed by atoms with Gasteiger partial charge in [0.05, 0.1) is 17.3 Å². The van der Waals surface area contributed by atoms with Gasteiger partial charge in [0.1, 0.15) is 12.4 Å². The molecule has 0 amide bonds. The van der Waals surface area contributed by atoms with Gasteiger partial charge >= 0.3 is 0 Å². The highest BCUT2D eigenvalue weighted by Gasteiger charge is 2.31. The fourth-order valence-corrected chi connectivity index (χ4v) is 2.65. The molecule has 1 aromatic heterocycles. The van der Waals surface area contributed by atoms with E-state index in [1.807, 2.05) is 50.5 Å². The molecule has 0 radical (unpaired) electrons. The number of nitrogens with one attached hydrogen (secondary N) is 1. The molecule has 1 N–H and O–H groups in total. The van der Waals surface area contributed by atoms with Crippen molar-refractivity contribution in [3.63, 3.8) is 0 Å². The number of aliphatic imine (C=N–C) groups is 1. The van der Waals surface area contributed by atoms with E-state index in [4.69, 9.17) is 9.73 Å². The van der Waals surface area contributed by atoms with Crippen LogP contribution in [-0.2, 0) is 4.74 Å². The van der Waals surface area contributed by atoms with E-state index in [-0.39, 0.29) is 11.5 Å². The highest BCUT2D eigenvalue weighted by atomic mass is 16.5. The zero-order valence-electron chi connectivity index (χ0n) is 15.6. The number of nitrogens with zero attached hydrogens (tertiary/aromatic N) is 3. The van der Waals surface area contributed by atoms with Gasteiger partial charge in [-0.3, -0.25) is 0 Å². The normalized spacial score (nSPS) is 17.0. The summed E-state index contributed by atoms with van der Waals surface area (Å²) in [5, 5.41) is 3.40. The number of para-hydroxylation sites is 1. The maximum absolute atomic E-state index is 5.90. The van der Waals surface area contributed by atoms with Gasteiger partial charge in [0, 0.05) is 32.0 Å². The molecule has 0 fully saturated rings. The van der Waals surface area contributed by atoms with E-state index in [1.54, 1.807) is 6.20 Å². The van der Waals surface area contributed by atoms with Crippen LogP contribution < -0.4 is 10.2 Å². The van der Waals surface area contributed by atoms with Crippen molar-refractivity contribution in [2.75, 3.05) is 30.9 Å². The Bertz CT molecular complexity index is 777. The number of benzene rings is 1. The zero-order chi connectivity index (χ0) is 18.0. The topological polar surface area (TPSA) is 49.8 Å². The molecule has 1 atom stereocenters. The quantitative estimate of drug-likeness (QED) is 0.912. The lowest BCUT2D eigenvalue weighted by molar-refractivity contribution is 0.236. The molecule has 1 aliphatic rings. The number of aromatic nitrogens is 1. The molecule has 2 heterocycles. The number of pyridine rings is 1. The van der Waals surface area contributed by atoms with Crippen LogP contribution in [0.25, 0.3) is 0 Å². The number of anilines is 3. The second-order valence-electron chi connectivity index (χ2n) is 7.59. The van der Waals surface area contributed by atoms with E-state index in [0.29, 0.717) is 12.5 Å². The average molecular weight is 338 g/mol. The van der Waals surface area contributed by atoms with E-state index in [1.165, 1.54) is 0 Å². The van der Waals surface area contributed by atoms with Crippen LogP contribution in [0.5, 0.6) is 0 Å². The van der Waals surface area contributed by atoms with E-state index >= 15 is 0 Å². The van der Waals surface area contributed by atoms with Gasteiger partial charge < -0.3 is 15.0 Å². The maximum atomic E-state index is 5.90. The molecule has 25 heavy (non-hydrogen) atoms. The minimum atomic E-state index is 0.0890. The van der Waals surface area contributed by atoms with Crippen LogP contribution in [0.3, 0.4) is 0 Å². The molecule has 1 aliphatic heterocycles. The van der Waals surface area contributed by atoms with Gasteiger partial charge in [-0.25, -0.2) is 9.98 Å². The van der Waals surface area contributed by atoms with Gasteiger partial charge in [-0.2, -0.15) is 0 Å². The molecule has 5 heteroatoms. The smallest absolute Gasteiger partial charge is 0.218 e. The Morgan fingerprint density at radius 2 is 1.92 bits per heavy atom.